The van der Waals surface area contributed by atoms with Gasteiger partial charge in [0.2, 0.25) is 5.91 Å². The van der Waals surface area contributed by atoms with Crippen molar-refractivity contribution in [3.63, 3.8) is 0 Å². The summed E-state index contributed by atoms with van der Waals surface area (Å²) < 4.78 is 10.9. The number of rotatable bonds is 12. The maximum Gasteiger partial charge on any atom is 0.408 e. The molecule has 3 aromatic rings. The number of carbonyl (C=O) groups excluding carboxylic acids is 4. The topological polar surface area (TPSA) is 134 Å². The number of aliphatic hydroxyl groups excluding tert-OH is 1. The van der Waals surface area contributed by atoms with Gasteiger partial charge in [0.15, 0.2) is 6.10 Å². The lowest BCUT2D eigenvalue weighted by Crippen LogP contribution is -2.58. The number of benzene rings is 3. The molecule has 2 unspecified atom stereocenters. The molecule has 46 heavy (non-hydrogen) atoms. The van der Waals surface area contributed by atoms with Crippen LogP contribution < -0.4 is 10.6 Å². The largest absolute Gasteiger partial charge is 0.458 e. The van der Waals surface area contributed by atoms with E-state index in [0.717, 1.165) is 16.7 Å². The number of hydrogen-bond donors (Lipinski definition) is 3. The zero-order chi connectivity index (χ0) is 33.1. The van der Waals surface area contributed by atoms with Gasteiger partial charge in [-0.1, -0.05) is 91.0 Å². The van der Waals surface area contributed by atoms with Crippen LogP contribution >= 0.6 is 0 Å². The van der Waals surface area contributed by atoms with Crippen LogP contribution in [-0.2, 0) is 43.3 Å². The number of alkyl carbamates (subject to hydrolysis) is 1. The average molecular weight is 630 g/mol. The van der Waals surface area contributed by atoms with E-state index in [9.17, 15) is 24.3 Å². The summed E-state index contributed by atoms with van der Waals surface area (Å²) in [5.74, 6) is -1.81. The minimum Gasteiger partial charge on any atom is -0.458 e. The summed E-state index contributed by atoms with van der Waals surface area (Å²) in [6, 6.07) is 24.5. The van der Waals surface area contributed by atoms with Crippen LogP contribution in [0.15, 0.2) is 91.0 Å². The van der Waals surface area contributed by atoms with E-state index < -0.39 is 53.7 Å². The third-order valence-corrected chi connectivity index (χ3v) is 7.58. The third kappa shape index (κ3) is 10.2. The minimum atomic E-state index is -1.67. The zero-order valence-electron chi connectivity index (χ0n) is 26.6. The molecular weight excluding hydrogens is 586 g/mol. The molecule has 0 radical (unpaired) electrons. The molecule has 0 bridgehead atoms. The van der Waals surface area contributed by atoms with Crippen molar-refractivity contribution >= 4 is 23.9 Å². The van der Waals surface area contributed by atoms with Gasteiger partial charge in [0.1, 0.15) is 24.3 Å². The van der Waals surface area contributed by atoms with E-state index in [0.29, 0.717) is 12.8 Å². The van der Waals surface area contributed by atoms with E-state index in [1.54, 1.807) is 20.8 Å². The molecule has 4 rings (SSSR count). The standard InChI is InChI=1S/C36H43N3O7/c1-36(2,3)46-34(43)30-20-13-21-39(30)33(42)31(40)28(22-25-14-7-4-8-15-25)37-32(41)29(23-26-16-9-5-10-17-26)38-35(44)45-24-27-18-11-6-12-19-27/h4-12,14-19,28-31,40H,13,20-24H2,1-3H3,(H,37,41)(H,38,44)/t28?,29-,30-,31?/m0/s1. The number of aliphatic hydroxyl groups is 1. The first-order valence-electron chi connectivity index (χ1n) is 15.6. The van der Waals surface area contributed by atoms with Crippen LogP contribution in [0.5, 0.6) is 0 Å². The first kappa shape index (κ1) is 34.2. The Morgan fingerprint density at radius 1 is 0.826 bits per heavy atom. The molecule has 1 heterocycles. The molecular formula is C36H43N3O7. The van der Waals surface area contributed by atoms with Crippen LogP contribution in [-0.4, -0.2) is 70.3 Å². The van der Waals surface area contributed by atoms with Gasteiger partial charge in [-0.15, -0.1) is 0 Å². The molecule has 3 aromatic carbocycles. The lowest BCUT2D eigenvalue weighted by Gasteiger charge is -2.32. The van der Waals surface area contributed by atoms with E-state index in [1.807, 2.05) is 91.0 Å². The number of nitrogens with one attached hydrogen (secondary N) is 2. The molecule has 3 N–H and O–H groups in total. The minimum absolute atomic E-state index is 0.0187. The maximum absolute atomic E-state index is 13.8. The Morgan fingerprint density at radius 2 is 1.37 bits per heavy atom. The Bertz CT molecular complexity index is 1440. The fourth-order valence-corrected chi connectivity index (χ4v) is 5.35. The van der Waals surface area contributed by atoms with Gasteiger partial charge in [0.25, 0.3) is 5.91 Å². The van der Waals surface area contributed by atoms with Crippen molar-refractivity contribution in [1.82, 2.24) is 15.5 Å². The van der Waals surface area contributed by atoms with Crippen LogP contribution in [0, 0.1) is 0 Å². The average Bonchev–Trinajstić information content (AvgIpc) is 3.54. The lowest BCUT2D eigenvalue weighted by molar-refractivity contribution is -0.165. The summed E-state index contributed by atoms with van der Waals surface area (Å²) in [7, 11) is 0. The van der Waals surface area contributed by atoms with E-state index >= 15 is 0 Å². The number of nitrogens with zero attached hydrogens (tertiary/aromatic N) is 1. The fraction of sp³-hybridized carbons (Fsp3) is 0.389. The molecule has 10 nitrogen and oxygen atoms in total. The third-order valence-electron chi connectivity index (χ3n) is 7.58. The molecule has 10 heteroatoms. The van der Waals surface area contributed by atoms with Crippen molar-refractivity contribution in [2.24, 2.45) is 0 Å². The highest BCUT2D eigenvalue weighted by Gasteiger charge is 2.41. The van der Waals surface area contributed by atoms with Gasteiger partial charge in [0, 0.05) is 13.0 Å². The molecule has 0 aliphatic carbocycles. The van der Waals surface area contributed by atoms with Gasteiger partial charge in [-0.25, -0.2) is 9.59 Å². The number of carbonyl (C=O) groups is 4. The molecule has 1 fully saturated rings. The molecule has 0 saturated carbocycles. The monoisotopic (exact) mass is 629 g/mol. The van der Waals surface area contributed by atoms with E-state index in [4.69, 9.17) is 9.47 Å². The van der Waals surface area contributed by atoms with Gasteiger partial charge in [-0.2, -0.15) is 0 Å². The van der Waals surface area contributed by atoms with Crippen LogP contribution in [0.2, 0.25) is 0 Å². The summed E-state index contributed by atoms with van der Waals surface area (Å²) >= 11 is 0. The summed E-state index contributed by atoms with van der Waals surface area (Å²) in [5, 5.41) is 17.0. The van der Waals surface area contributed by atoms with Gasteiger partial charge in [0.05, 0.1) is 6.04 Å². The van der Waals surface area contributed by atoms with E-state index in [2.05, 4.69) is 10.6 Å². The van der Waals surface area contributed by atoms with Crippen molar-refractivity contribution in [1.29, 1.82) is 0 Å². The molecule has 1 aliphatic heterocycles. The Balaban J connectivity index is 1.53. The second-order valence-corrected chi connectivity index (χ2v) is 12.4. The Morgan fingerprint density at radius 3 is 1.93 bits per heavy atom. The van der Waals surface area contributed by atoms with Crippen molar-refractivity contribution in [3.05, 3.63) is 108 Å². The first-order valence-corrected chi connectivity index (χ1v) is 15.6. The SMILES string of the molecule is CC(C)(C)OC(=O)[C@@H]1CCCN1C(=O)C(O)C(Cc1ccccc1)NC(=O)[C@H](Cc1ccccc1)NC(=O)OCc1ccccc1. The quantitative estimate of drug-likeness (QED) is 0.259. The number of hydrogen-bond acceptors (Lipinski definition) is 7. The Hall–Kier alpha value is -4.70. The summed E-state index contributed by atoms with van der Waals surface area (Å²) in [4.78, 5) is 54.7. The lowest BCUT2D eigenvalue weighted by atomic mass is 9.98. The number of amides is 3. The molecule has 1 saturated heterocycles. The van der Waals surface area contributed by atoms with Crippen molar-refractivity contribution in [3.8, 4) is 0 Å². The summed E-state index contributed by atoms with van der Waals surface area (Å²) in [5.41, 5.74) is 1.62. The number of esters is 1. The zero-order valence-corrected chi connectivity index (χ0v) is 26.6. The van der Waals surface area contributed by atoms with Crippen LogP contribution in [0.1, 0.15) is 50.3 Å². The molecule has 0 aromatic heterocycles. The Labute approximate surface area is 270 Å². The second-order valence-electron chi connectivity index (χ2n) is 12.4. The van der Waals surface area contributed by atoms with Gasteiger partial charge in [-0.3, -0.25) is 9.59 Å². The predicted molar refractivity (Wildman–Crippen MR) is 172 cm³/mol. The maximum atomic E-state index is 13.8. The molecule has 1 aliphatic rings. The van der Waals surface area contributed by atoms with Crippen LogP contribution in [0.4, 0.5) is 4.79 Å². The highest BCUT2D eigenvalue weighted by atomic mass is 16.6. The van der Waals surface area contributed by atoms with E-state index in [1.165, 1.54) is 4.90 Å². The predicted octanol–water partition coefficient (Wildman–Crippen LogP) is 3.95. The molecule has 3 amide bonds. The smallest absolute Gasteiger partial charge is 0.408 e. The molecule has 4 atom stereocenters. The van der Waals surface area contributed by atoms with Crippen molar-refractivity contribution in [2.45, 2.75) is 82.9 Å². The first-order chi connectivity index (χ1) is 22.0. The highest BCUT2D eigenvalue weighted by molar-refractivity contribution is 5.90. The van der Waals surface area contributed by atoms with Crippen LogP contribution in [0.3, 0.4) is 0 Å². The fourth-order valence-electron chi connectivity index (χ4n) is 5.35. The van der Waals surface area contributed by atoms with E-state index in [-0.39, 0.29) is 26.0 Å². The number of ether oxygens (including phenoxy) is 2. The van der Waals surface area contributed by atoms with Crippen molar-refractivity contribution < 1.29 is 33.8 Å². The molecule has 0 spiro atoms. The number of likely N-dealkylation sites (tertiary alicyclic amines) is 1. The van der Waals surface area contributed by atoms with Crippen molar-refractivity contribution in [2.75, 3.05) is 6.54 Å². The van der Waals surface area contributed by atoms with Gasteiger partial charge < -0.3 is 30.1 Å². The highest BCUT2D eigenvalue weighted by Crippen LogP contribution is 2.23. The van der Waals surface area contributed by atoms with Crippen LogP contribution in [0.25, 0.3) is 0 Å². The Kier molecular flexibility index (Phi) is 11.9. The summed E-state index contributed by atoms with van der Waals surface area (Å²) in [6.45, 7) is 5.55. The molecule has 244 valence electrons. The second kappa shape index (κ2) is 16.0. The normalized spacial score (nSPS) is 16.5. The van der Waals surface area contributed by atoms with Gasteiger partial charge >= 0.3 is 12.1 Å². The summed E-state index contributed by atoms with van der Waals surface area (Å²) in [6.07, 6.45) is -1.20. The van der Waals surface area contributed by atoms with Gasteiger partial charge in [-0.05, 0) is 56.7 Å².